The van der Waals surface area contributed by atoms with Gasteiger partial charge in [0, 0.05) is 25.1 Å². The molecule has 162 valence electrons. The quantitative estimate of drug-likeness (QED) is 0.504. The molecule has 9 nitrogen and oxygen atoms in total. The van der Waals surface area contributed by atoms with Crippen LogP contribution in [0.25, 0.3) is 10.9 Å². The van der Waals surface area contributed by atoms with Crippen LogP contribution >= 0.6 is 0 Å². The number of aromatic nitrogens is 2. The molecule has 3 N–H and O–H groups in total. The largest absolute Gasteiger partial charge is 0.497 e. The van der Waals surface area contributed by atoms with Gasteiger partial charge in [0.2, 0.25) is 0 Å². The van der Waals surface area contributed by atoms with Crippen molar-refractivity contribution in [3.05, 3.63) is 73.9 Å². The van der Waals surface area contributed by atoms with Crippen molar-refractivity contribution in [2.24, 2.45) is 0 Å². The second-order valence-electron chi connectivity index (χ2n) is 7.13. The van der Waals surface area contributed by atoms with Gasteiger partial charge < -0.3 is 20.1 Å². The summed E-state index contributed by atoms with van der Waals surface area (Å²) in [4.78, 5) is 51.2. The number of rotatable bonds is 8. The van der Waals surface area contributed by atoms with Crippen molar-refractivity contribution in [2.45, 2.75) is 32.9 Å². The molecule has 3 rings (SSSR count). The number of benzene rings is 2. The second-order valence-corrected chi connectivity index (χ2v) is 7.13. The van der Waals surface area contributed by atoms with Gasteiger partial charge in [0.15, 0.2) is 0 Å². The number of carboxylic acid groups (broad SMARTS) is 1. The third-order valence-corrected chi connectivity index (χ3v) is 4.93. The zero-order valence-electron chi connectivity index (χ0n) is 17.2. The lowest BCUT2D eigenvalue weighted by molar-refractivity contribution is -0.137. The van der Waals surface area contributed by atoms with E-state index in [0.29, 0.717) is 28.9 Å². The minimum atomic E-state index is -1.00. The summed E-state index contributed by atoms with van der Waals surface area (Å²) in [7, 11) is 1.58. The Kier molecular flexibility index (Phi) is 6.54. The van der Waals surface area contributed by atoms with Crippen LogP contribution in [0.4, 0.5) is 0 Å². The zero-order chi connectivity index (χ0) is 22.5. The number of aryl methyl sites for hydroxylation is 1. The van der Waals surface area contributed by atoms with Crippen LogP contribution in [0.1, 0.15) is 34.3 Å². The lowest BCUT2D eigenvalue weighted by atomic mass is 10.1. The predicted molar refractivity (Wildman–Crippen MR) is 115 cm³/mol. The van der Waals surface area contributed by atoms with Crippen molar-refractivity contribution in [3.63, 3.8) is 0 Å². The van der Waals surface area contributed by atoms with E-state index in [1.807, 2.05) is 12.1 Å². The van der Waals surface area contributed by atoms with E-state index in [9.17, 15) is 19.2 Å². The number of hydrogen-bond donors (Lipinski definition) is 3. The van der Waals surface area contributed by atoms with E-state index in [1.165, 1.54) is 6.07 Å². The van der Waals surface area contributed by atoms with Crippen LogP contribution in [0, 0.1) is 6.92 Å². The first kappa shape index (κ1) is 21.8. The first-order valence-electron chi connectivity index (χ1n) is 9.70. The number of fused-ring (bicyclic) bond motifs is 1. The smallest absolute Gasteiger partial charge is 0.328 e. The molecule has 1 heterocycles. The molecule has 0 saturated heterocycles. The molecule has 1 aromatic heterocycles. The third kappa shape index (κ3) is 5.00. The van der Waals surface area contributed by atoms with Crippen LogP contribution in [0.3, 0.4) is 0 Å². The third-order valence-electron chi connectivity index (χ3n) is 4.93. The Labute approximate surface area is 177 Å². The molecule has 9 heteroatoms. The van der Waals surface area contributed by atoms with Gasteiger partial charge in [-0.3, -0.25) is 19.0 Å². The highest BCUT2D eigenvalue weighted by Gasteiger charge is 2.14. The minimum Gasteiger partial charge on any atom is -0.497 e. The molecule has 0 fully saturated rings. The number of hydrogen-bond acceptors (Lipinski definition) is 5. The van der Waals surface area contributed by atoms with Crippen LogP contribution in [-0.4, -0.2) is 33.6 Å². The summed E-state index contributed by atoms with van der Waals surface area (Å²) in [5.74, 6) is -0.644. The Bertz CT molecular complexity index is 1240. The summed E-state index contributed by atoms with van der Waals surface area (Å²) < 4.78 is 6.07. The number of carboxylic acids is 1. The van der Waals surface area contributed by atoms with E-state index in [-0.39, 0.29) is 30.7 Å². The SMILES string of the molecule is COc1ccc(CNC(=O)c2cc(C)c3[nH]c(=O)n(CCCC(=O)O)c(=O)c3c2)cc1. The highest BCUT2D eigenvalue weighted by Crippen LogP contribution is 2.16. The Morgan fingerprint density at radius 2 is 1.87 bits per heavy atom. The summed E-state index contributed by atoms with van der Waals surface area (Å²) in [5.41, 5.74) is 0.950. The van der Waals surface area contributed by atoms with E-state index in [1.54, 1.807) is 32.2 Å². The summed E-state index contributed by atoms with van der Waals surface area (Å²) in [6, 6.07) is 10.3. The normalized spacial score (nSPS) is 10.8. The van der Waals surface area contributed by atoms with Gasteiger partial charge in [-0.25, -0.2) is 4.79 Å². The molecule has 0 unspecified atom stereocenters. The Morgan fingerprint density at radius 3 is 2.52 bits per heavy atom. The fourth-order valence-corrected chi connectivity index (χ4v) is 3.28. The molecule has 0 bridgehead atoms. The highest BCUT2D eigenvalue weighted by atomic mass is 16.5. The first-order valence-corrected chi connectivity index (χ1v) is 9.70. The average Bonchev–Trinajstić information content (AvgIpc) is 2.75. The lowest BCUT2D eigenvalue weighted by Crippen LogP contribution is -2.35. The van der Waals surface area contributed by atoms with Crippen molar-refractivity contribution in [2.75, 3.05) is 7.11 Å². The fourth-order valence-electron chi connectivity index (χ4n) is 3.28. The van der Waals surface area contributed by atoms with Crippen LogP contribution in [0.15, 0.2) is 46.0 Å². The molecule has 0 aliphatic rings. The van der Waals surface area contributed by atoms with Crippen LogP contribution < -0.4 is 21.3 Å². The summed E-state index contributed by atoms with van der Waals surface area (Å²) in [5, 5.41) is 11.8. The molecule has 0 atom stereocenters. The standard InChI is InChI=1S/C22H23N3O6/c1-13-10-15(20(28)23-12-14-5-7-16(31-2)8-6-14)11-17-19(13)24-22(30)25(21(17)29)9-3-4-18(26)27/h5-8,10-11H,3-4,9,12H2,1-2H3,(H,23,28)(H,24,30)(H,26,27). The molecule has 0 saturated carbocycles. The molecule has 1 amide bonds. The Balaban J connectivity index is 1.86. The summed E-state index contributed by atoms with van der Waals surface area (Å²) in [6.45, 7) is 1.97. The minimum absolute atomic E-state index is 0.0245. The van der Waals surface area contributed by atoms with E-state index in [0.717, 1.165) is 10.1 Å². The molecule has 0 spiro atoms. The van der Waals surface area contributed by atoms with Crippen LogP contribution in [0.5, 0.6) is 5.75 Å². The van der Waals surface area contributed by atoms with E-state index < -0.39 is 17.2 Å². The van der Waals surface area contributed by atoms with Crippen molar-refractivity contribution in [1.29, 1.82) is 0 Å². The van der Waals surface area contributed by atoms with E-state index in [2.05, 4.69) is 10.3 Å². The number of aromatic amines is 1. The number of amides is 1. The van der Waals surface area contributed by atoms with Crippen LogP contribution in [0.2, 0.25) is 0 Å². The predicted octanol–water partition coefficient (Wildman–Crippen LogP) is 1.80. The van der Waals surface area contributed by atoms with Gasteiger partial charge in [-0.1, -0.05) is 12.1 Å². The fraction of sp³-hybridized carbons (Fsp3) is 0.273. The van der Waals surface area contributed by atoms with Gasteiger partial charge in [-0.2, -0.15) is 0 Å². The van der Waals surface area contributed by atoms with Gasteiger partial charge in [0.25, 0.3) is 11.5 Å². The molecule has 3 aromatic rings. The zero-order valence-corrected chi connectivity index (χ0v) is 17.2. The van der Waals surface area contributed by atoms with Crippen LogP contribution in [-0.2, 0) is 17.9 Å². The number of nitrogens with one attached hydrogen (secondary N) is 2. The topological polar surface area (TPSA) is 130 Å². The number of ether oxygens (including phenoxy) is 1. The number of carbonyl (C=O) groups is 2. The van der Waals surface area contributed by atoms with Gasteiger partial charge in [-0.05, 0) is 48.7 Å². The molecule has 2 aromatic carbocycles. The monoisotopic (exact) mass is 425 g/mol. The number of H-pyrrole nitrogens is 1. The average molecular weight is 425 g/mol. The van der Waals surface area contributed by atoms with Crippen molar-refractivity contribution in [3.8, 4) is 5.75 Å². The molecule has 31 heavy (non-hydrogen) atoms. The molecule has 0 aliphatic heterocycles. The Hall–Kier alpha value is -3.88. The summed E-state index contributed by atoms with van der Waals surface area (Å²) in [6.07, 6.45) is -0.0123. The molecule has 0 radical (unpaired) electrons. The van der Waals surface area contributed by atoms with Crippen molar-refractivity contribution < 1.29 is 19.4 Å². The number of aliphatic carboxylic acids is 1. The summed E-state index contributed by atoms with van der Waals surface area (Å²) >= 11 is 0. The van der Waals surface area contributed by atoms with Gasteiger partial charge in [0.05, 0.1) is 18.0 Å². The second kappa shape index (κ2) is 9.29. The number of carbonyl (C=O) groups excluding carboxylic acids is 1. The lowest BCUT2D eigenvalue weighted by Gasteiger charge is -2.11. The molecule has 0 aliphatic carbocycles. The van der Waals surface area contributed by atoms with E-state index in [4.69, 9.17) is 9.84 Å². The number of nitrogens with zero attached hydrogens (tertiary/aromatic N) is 1. The molecular weight excluding hydrogens is 402 g/mol. The van der Waals surface area contributed by atoms with Crippen molar-refractivity contribution >= 4 is 22.8 Å². The van der Waals surface area contributed by atoms with Gasteiger partial charge in [-0.15, -0.1) is 0 Å². The maximum absolute atomic E-state index is 12.8. The first-order chi connectivity index (χ1) is 14.8. The number of methoxy groups -OCH3 is 1. The maximum Gasteiger partial charge on any atom is 0.328 e. The van der Waals surface area contributed by atoms with Crippen molar-refractivity contribution in [1.82, 2.24) is 14.9 Å². The highest BCUT2D eigenvalue weighted by molar-refractivity contribution is 5.98. The van der Waals surface area contributed by atoms with Gasteiger partial charge >= 0.3 is 11.7 Å². The van der Waals surface area contributed by atoms with Gasteiger partial charge in [0.1, 0.15) is 5.75 Å². The molecular formula is C22H23N3O6. The van der Waals surface area contributed by atoms with E-state index >= 15 is 0 Å². The maximum atomic E-state index is 12.8. The Morgan fingerprint density at radius 1 is 1.16 bits per heavy atom.